The molecular formula is C11H10BrNO. The quantitative estimate of drug-likeness (QED) is 0.768. The van der Waals surface area contributed by atoms with Crippen LogP contribution in [0.15, 0.2) is 27.5 Å². The van der Waals surface area contributed by atoms with Gasteiger partial charge in [-0.25, -0.2) is 0 Å². The Bertz CT molecular complexity index is 557. The number of aromatic nitrogens is 1. The van der Waals surface area contributed by atoms with Crippen molar-refractivity contribution in [2.45, 2.75) is 13.8 Å². The third-order valence-corrected chi connectivity index (χ3v) is 2.78. The Hall–Kier alpha value is -1.09. The summed E-state index contributed by atoms with van der Waals surface area (Å²) in [6.45, 7) is 3.94. The molecule has 0 bridgehead atoms. The van der Waals surface area contributed by atoms with E-state index in [0.29, 0.717) is 0 Å². The number of pyridine rings is 1. The summed E-state index contributed by atoms with van der Waals surface area (Å²) in [4.78, 5) is 14.1. The zero-order chi connectivity index (χ0) is 10.3. The van der Waals surface area contributed by atoms with Crippen LogP contribution in [0.5, 0.6) is 0 Å². The number of H-pyrrole nitrogens is 1. The lowest BCUT2D eigenvalue weighted by Crippen LogP contribution is -2.05. The van der Waals surface area contributed by atoms with Gasteiger partial charge in [0.15, 0.2) is 0 Å². The van der Waals surface area contributed by atoms with E-state index in [1.54, 1.807) is 6.07 Å². The first kappa shape index (κ1) is 9.46. The number of benzene rings is 1. The Labute approximate surface area is 90.1 Å². The second-order valence-corrected chi connectivity index (χ2v) is 4.38. The summed E-state index contributed by atoms with van der Waals surface area (Å²) in [5.74, 6) is 0. The fourth-order valence-electron chi connectivity index (χ4n) is 1.65. The van der Waals surface area contributed by atoms with Crippen LogP contribution in [0.2, 0.25) is 0 Å². The number of hydrogen-bond acceptors (Lipinski definition) is 1. The maximum Gasteiger partial charge on any atom is 0.248 e. The van der Waals surface area contributed by atoms with Crippen molar-refractivity contribution in [3.8, 4) is 0 Å². The predicted octanol–water partition coefficient (Wildman–Crippen LogP) is 2.91. The van der Waals surface area contributed by atoms with Crippen molar-refractivity contribution < 1.29 is 0 Å². The maximum absolute atomic E-state index is 11.3. The molecule has 1 heterocycles. The fourth-order valence-corrected chi connectivity index (χ4v) is 2.23. The van der Waals surface area contributed by atoms with E-state index in [2.05, 4.69) is 20.9 Å². The van der Waals surface area contributed by atoms with Crippen LogP contribution in [-0.2, 0) is 0 Å². The summed E-state index contributed by atoms with van der Waals surface area (Å²) >= 11 is 3.44. The minimum atomic E-state index is -0.0413. The first-order chi connectivity index (χ1) is 6.58. The molecule has 0 fully saturated rings. The summed E-state index contributed by atoms with van der Waals surface area (Å²) in [5, 5.41) is 1.09. The minimum absolute atomic E-state index is 0.0413. The van der Waals surface area contributed by atoms with Gasteiger partial charge in [-0.2, -0.15) is 0 Å². The molecule has 1 N–H and O–H groups in total. The van der Waals surface area contributed by atoms with Gasteiger partial charge in [0.2, 0.25) is 5.56 Å². The summed E-state index contributed by atoms with van der Waals surface area (Å²) in [6.07, 6.45) is 0. The van der Waals surface area contributed by atoms with E-state index in [1.165, 1.54) is 0 Å². The molecule has 0 aliphatic carbocycles. The normalized spacial score (nSPS) is 10.8. The van der Waals surface area contributed by atoms with Gasteiger partial charge >= 0.3 is 0 Å². The van der Waals surface area contributed by atoms with Crippen LogP contribution >= 0.6 is 15.9 Å². The molecule has 1 aromatic heterocycles. The van der Waals surface area contributed by atoms with E-state index in [1.807, 2.05) is 26.0 Å². The molecule has 2 rings (SSSR count). The van der Waals surface area contributed by atoms with Crippen molar-refractivity contribution >= 4 is 26.8 Å². The molecule has 0 spiro atoms. The molecule has 0 atom stereocenters. The van der Waals surface area contributed by atoms with Gasteiger partial charge in [0.05, 0.1) is 5.52 Å². The molecule has 0 amide bonds. The van der Waals surface area contributed by atoms with Gasteiger partial charge in [-0.05, 0) is 37.1 Å². The molecule has 0 aliphatic rings. The van der Waals surface area contributed by atoms with Crippen LogP contribution in [0.3, 0.4) is 0 Å². The van der Waals surface area contributed by atoms with Crippen molar-refractivity contribution in [3.05, 3.63) is 44.2 Å². The molecule has 3 heteroatoms. The average molecular weight is 252 g/mol. The van der Waals surface area contributed by atoms with E-state index in [-0.39, 0.29) is 5.56 Å². The highest BCUT2D eigenvalue weighted by atomic mass is 79.9. The van der Waals surface area contributed by atoms with Crippen LogP contribution in [0.4, 0.5) is 0 Å². The zero-order valence-corrected chi connectivity index (χ0v) is 9.60. The van der Waals surface area contributed by atoms with Crippen molar-refractivity contribution in [1.29, 1.82) is 0 Å². The standard InChI is InChI=1S/C11H10BrNO/c1-6-4-10(14)13-11-7(2)3-8(12)5-9(6)11/h3-5H,1-2H3,(H,13,14). The highest BCUT2D eigenvalue weighted by Crippen LogP contribution is 2.23. The van der Waals surface area contributed by atoms with Crippen LogP contribution in [0.1, 0.15) is 11.1 Å². The zero-order valence-electron chi connectivity index (χ0n) is 8.02. The Kier molecular flexibility index (Phi) is 2.19. The molecule has 0 saturated heterocycles. The largest absolute Gasteiger partial charge is 0.322 e. The van der Waals surface area contributed by atoms with Crippen LogP contribution in [0, 0.1) is 13.8 Å². The lowest BCUT2D eigenvalue weighted by atomic mass is 10.1. The van der Waals surface area contributed by atoms with Gasteiger partial charge < -0.3 is 4.98 Å². The van der Waals surface area contributed by atoms with Gasteiger partial charge in [0, 0.05) is 15.9 Å². The third kappa shape index (κ3) is 1.48. The first-order valence-electron chi connectivity index (χ1n) is 4.38. The molecule has 1 aromatic carbocycles. The van der Waals surface area contributed by atoms with E-state index in [4.69, 9.17) is 0 Å². The summed E-state index contributed by atoms with van der Waals surface area (Å²) in [7, 11) is 0. The number of aromatic amines is 1. The van der Waals surface area contributed by atoms with E-state index in [9.17, 15) is 4.79 Å². The van der Waals surface area contributed by atoms with Crippen LogP contribution in [-0.4, -0.2) is 4.98 Å². The number of rotatable bonds is 0. The molecule has 2 nitrogen and oxygen atoms in total. The number of fused-ring (bicyclic) bond motifs is 1. The Balaban J connectivity index is 3.01. The lowest BCUT2D eigenvalue weighted by Gasteiger charge is -2.05. The Morgan fingerprint density at radius 1 is 1.14 bits per heavy atom. The smallest absolute Gasteiger partial charge is 0.248 e. The predicted molar refractivity (Wildman–Crippen MR) is 61.7 cm³/mol. The van der Waals surface area contributed by atoms with Crippen molar-refractivity contribution in [1.82, 2.24) is 4.98 Å². The fraction of sp³-hybridized carbons (Fsp3) is 0.182. The summed E-state index contributed by atoms with van der Waals surface area (Å²) < 4.78 is 1.04. The van der Waals surface area contributed by atoms with Crippen molar-refractivity contribution in [2.24, 2.45) is 0 Å². The van der Waals surface area contributed by atoms with E-state index in [0.717, 1.165) is 26.5 Å². The van der Waals surface area contributed by atoms with E-state index >= 15 is 0 Å². The number of hydrogen-bond donors (Lipinski definition) is 1. The number of aryl methyl sites for hydroxylation is 2. The van der Waals surface area contributed by atoms with Crippen LogP contribution < -0.4 is 5.56 Å². The Morgan fingerprint density at radius 3 is 2.57 bits per heavy atom. The first-order valence-corrected chi connectivity index (χ1v) is 5.17. The van der Waals surface area contributed by atoms with Crippen LogP contribution in [0.25, 0.3) is 10.9 Å². The molecule has 0 saturated carbocycles. The molecule has 0 aliphatic heterocycles. The number of nitrogens with one attached hydrogen (secondary N) is 1. The van der Waals surface area contributed by atoms with Gasteiger partial charge in [0.25, 0.3) is 0 Å². The Morgan fingerprint density at radius 2 is 1.86 bits per heavy atom. The molecule has 14 heavy (non-hydrogen) atoms. The molecule has 2 aromatic rings. The topological polar surface area (TPSA) is 32.9 Å². The summed E-state index contributed by atoms with van der Waals surface area (Å²) in [6, 6.07) is 5.64. The monoisotopic (exact) mass is 251 g/mol. The molecule has 72 valence electrons. The lowest BCUT2D eigenvalue weighted by molar-refractivity contribution is 1.26. The number of halogens is 1. The average Bonchev–Trinajstić information content (AvgIpc) is 2.07. The highest BCUT2D eigenvalue weighted by Gasteiger charge is 2.03. The van der Waals surface area contributed by atoms with Gasteiger partial charge in [-0.3, -0.25) is 4.79 Å². The second-order valence-electron chi connectivity index (χ2n) is 3.46. The van der Waals surface area contributed by atoms with Crippen molar-refractivity contribution in [2.75, 3.05) is 0 Å². The minimum Gasteiger partial charge on any atom is -0.322 e. The maximum atomic E-state index is 11.3. The third-order valence-electron chi connectivity index (χ3n) is 2.32. The molecule has 0 radical (unpaired) electrons. The van der Waals surface area contributed by atoms with Crippen molar-refractivity contribution in [3.63, 3.8) is 0 Å². The molecular weight excluding hydrogens is 242 g/mol. The SMILES string of the molecule is Cc1cc(=O)[nH]c2c(C)cc(Br)cc12. The van der Waals surface area contributed by atoms with E-state index < -0.39 is 0 Å². The highest BCUT2D eigenvalue weighted by molar-refractivity contribution is 9.10. The second kappa shape index (κ2) is 3.24. The summed E-state index contributed by atoms with van der Waals surface area (Å²) in [5.41, 5.74) is 2.97. The molecule has 0 unspecified atom stereocenters. The van der Waals surface area contributed by atoms with Gasteiger partial charge in [-0.15, -0.1) is 0 Å². The van der Waals surface area contributed by atoms with Gasteiger partial charge in [0.1, 0.15) is 0 Å². The van der Waals surface area contributed by atoms with Gasteiger partial charge in [-0.1, -0.05) is 15.9 Å².